The lowest BCUT2D eigenvalue weighted by Crippen LogP contribution is -2.03. The predicted octanol–water partition coefficient (Wildman–Crippen LogP) is 3.47. The first-order chi connectivity index (χ1) is 7.58. The summed E-state index contributed by atoms with van der Waals surface area (Å²) in [6.45, 7) is 3.90. The van der Waals surface area contributed by atoms with Gasteiger partial charge in [-0.2, -0.15) is 0 Å². The molecule has 1 aromatic carbocycles. The minimum Gasteiger partial charge on any atom is -0.356 e. The van der Waals surface area contributed by atoms with Gasteiger partial charge in [-0.25, -0.2) is 0 Å². The number of H-pyrrole nitrogens is 1. The summed E-state index contributed by atoms with van der Waals surface area (Å²) < 4.78 is 1.13. The molecule has 2 nitrogen and oxygen atoms in total. The molecule has 1 N–H and O–H groups in total. The third-order valence-corrected chi connectivity index (χ3v) is 3.20. The number of nitrogens with one attached hydrogen (secondary N) is 1. The lowest BCUT2D eigenvalue weighted by molar-refractivity contribution is 0.103. The van der Waals surface area contributed by atoms with Crippen LogP contribution in [0, 0.1) is 17.4 Å². The quantitative estimate of drug-likeness (QED) is 0.666. The van der Waals surface area contributed by atoms with Crippen LogP contribution in [0.25, 0.3) is 0 Å². The normalized spacial score (nSPS) is 10.4. The van der Waals surface area contributed by atoms with Crippen LogP contribution in [0.4, 0.5) is 0 Å². The molecular formula is C13H12INO. The van der Waals surface area contributed by atoms with E-state index in [1.54, 1.807) is 0 Å². The van der Waals surface area contributed by atoms with E-state index in [4.69, 9.17) is 0 Å². The summed E-state index contributed by atoms with van der Waals surface area (Å²) in [4.78, 5) is 15.3. The molecule has 2 rings (SSSR count). The molecule has 82 valence electrons. The molecule has 2 aromatic rings. The maximum atomic E-state index is 12.2. The number of ketones is 1. The first-order valence-electron chi connectivity index (χ1n) is 5.04. The van der Waals surface area contributed by atoms with E-state index in [0.717, 1.165) is 20.4 Å². The predicted molar refractivity (Wildman–Crippen MR) is 72.9 cm³/mol. The van der Waals surface area contributed by atoms with Gasteiger partial charge in [-0.15, -0.1) is 0 Å². The summed E-state index contributed by atoms with van der Waals surface area (Å²) >= 11 is 2.23. The molecule has 0 saturated carbocycles. The van der Waals surface area contributed by atoms with Crippen LogP contribution in [-0.2, 0) is 0 Å². The van der Waals surface area contributed by atoms with E-state index in [0.29, 0.717) is 5.69 Å². The number of hydrogen-bond donors (Lipinski definition) is 1. The van der Waals surface area contributed by atoms with Crippen LogP contribution < -0.4 is 0 Å². The molecule has 0 atom stereocenters. The lowest BCUT2D eigenvalue weighted by Gasteiger charge is -2.00. The van der Waals surface area contributed by atoms with Crippen molar-refractivity contribution in [3.63, 3.8) is 0 Å². The van der Waals surface area contributed by atoms with Gasteiger partial charge in [0.05, 0.1) is 5.69 Å². The van der Waals surface area contributed by atoms with Gasteiger partial charge in [0.2, 0.25) is 5.78 Å². The molecule has 0 radical (unpaired) electrons. The van der Waals surface area contributed by atoms with Crippen molar-refractivity contribution >= 4 is 28.4 Å². The van der Waals surface area contributed by atoms with Gasteiger partial charge in [0.15, 0.2) is 0 Å². The SMILES string of the molecule is Cc1cc(C)c(C(=O)c2ccc(I)cc2)[nH]1. The van der Waals surface area contributed by atoms with Gasteiger partial charge in [-0.05, 0) is 72.3 Å². The van der Waals surface area contributed by atoms with E-state index >= 15 is 0 Å². The fourth-order valence-corrected chi connectivity index (χ4v) is 2.07. The van der Waals surface area contributed by atoms with E-state index in [9.17, 15) is 4.79 Å². The van der Waals surface area contributed by atoms with Crippen LogP contribution in [0.1, 0.15) is 27.3 Å². The van der Waals surface area contributed by atoms with Crippen LogP contribution in [0.3, 0.4) is 0 Å². The molecule has 0 aliphatic heterocycles. The van der Waals surface area contributed by atoms with Gasteiger partial charge >= 0.3 is 0 Å². The highest BCUT2D eigenvalue weighted by atomic mass is 127. The second-order valence-corrected chi connectivity index (χ2v) is 5.09. The van der Waals surface area contributed by atoms with Gasteiger partial charge in [0.25, 0.3) is 0 Å². The van der Waals surface area contributed by atoms with Crippen molar-refractivity contribution in [1.82, 2.24) is 4.98 Å². The zero-order chi connectivity index (χ0) is 11.7. The third-order valence-electron chi connectivity index (χ3n) is 2.48. The molecule has 0 saturated heterocycles. The van der Waals surface area contributed by atoms with Crippen molar-refractivity contribution in [2.75, 3.05) is 0 Å². The zero-order valence-electron chi connectivity index (χ0n) is 9.17. The third kappa shape index (κ3) is 2.19. The molecule has 0 aliphatic carbocycles. The second kappa shape index (κ2) is 4.41. The summed E-state index contributed by atoms with van der Waals surface area (Å²) in [5, 5.41) is 0. The number of halogens is 1. The largest absolute Gasteiger partial charge is 0.356 e. The van der Waals surface area contributed by atoms with Gasteiger partial charge in [-0.1, -0.05) is 0 Å². The number of aromatic amines is 1. The molecule has 0 fully saturated rings. The number of rotatable bonds is 2. The van der Waals surface area contributed by atoms with Crippen molar-refractivity contribution < 1.29 is 4.79 Å². The van der Waals surface area contributed by atoms with Crippen molar-refractivity contribution in [3.05, 3.63) is 56.4 Å². The summed E-state index contributed by atoms with van der Waals surface area (Å²) in [5.74, 6) is 0.0574. The summed E-state index contributed by atoms with van der Waals surface area (Å²) in [6.07, 6.45) is 0. The number of aromatic nitrogens is 1. The number of aryl methyl sites for hydroxylation is 2. The lowest BCUT2D eigenvalue weighted by atomic mass is 10.1. The Morgan fingerprint density at radius 2 is 1.81 bits per heavy atom. The summed E-state index contributed by atoms with van der Waals surface area (Å²) in [7, 11) is 0. The molecule has 0 spiro atoms. The Labute approximate surface area is 108 Å². The molecule has 0 bridgehead atoms. The Kier molecular flexibility index (Phi) is 3.14. The maximum absolute atomic E-state index is 12.2. The highest BCUT2D eigenvalue weighted by Crippen LogP contribution is 2.15. The Hall–Kier alpha value is -1.10. The van der Waals surface area contributed by atoms with Crippen LogP contribution in [0.5, 0.6) is 0 Å². The smallest absolute Gasteiger partial charge is 0.209 e. The molecule has 1 heterocycles. The Morgan fingerprint density at radius 1 is 1.19 bits per heavy atom. The second-order valence-electron chi connectivity index (χ2n) is 3.85. The minimum atomic E-state index is 0.0574. The number of hydrogen-bond acceptors (Lipinski definition) is 1. The standard InChI is InChI=1S/C13H12INO/c1-8-7-9(2)15-12(8)13(16)10-3-5-11(14)6-4-10/h3-7,15H,1-2H3. The molecule has 0 aliphatic rings. The Balaban J connectivity index is 2.39. The molecule has 0 unspecified atom stereocenters. The summed E-state index contributed by atoms with van der Waals surface area (Å²) in [6, 6.07) is 9.59. The van der Waals surface area contributed by atoms with E-state index < -0.39 is 0 Å². The zero-order valence-corrected chi connectivity index (χ0v) is 11.3. The summed E-state index contributed by atoms with van der Waals surface area (Å²) in [5.41, 5.74) is 3.44. The van der Waals surface area contributed by atoms with Gasteiger partial charge in [0, 0.05) is 14.8 Å². The van der Waals surface area contributed by atoms with Gasteiger partial charge in [-0.3, -0.25) is 4.79 Å². The fraction of sp³-hybridized carbons (Fsp3) is 0.154. The molecule has 1 aromatic heterocycles. The van der Waals surface area contributed by atoms with E-state index in [2.05, 4.69) is 27.6 Å². The molecule has 3 heteroatoms. The first-order valence-corrected chi connectivity index (χ1v) is 6.12. The highest BCUT2D eigenvalue weighted by molar-refractivity contribution is 14.1. The average molecular weight is 325 g/mol. The van der Waals surface area contributed by atoms with Crippen LogP contribution >= 0.6 is 22.6 Å². The van der Waals surface area contributed by atoms with Crippen molar-refractivity contribution in [2.24, 2.45) is 0 Å². The molecule has 0 amide bonds. The monoisotopic (exact) mass is 325 g/mol. The minimum absolute atomic E-state index is 0.0574. The van der Waals surface area contributed by atoms with Gasteiger partial charge < -0.3 is 4.98 Å². The van der Waals surface area contributed by atoms with Crippen LogP contribution in [-0.4, -0.2) is 10.8 Å². The number of carbonyl (C=O) groups excluding carboxylic acids is 1. The van der Waals surface area contributed by atoms with Crippen molar-refractivity contribution in [1.29, 1.82) is 0 Å². The van der Waals surface area contributed by atoms with Crippen molar-refractivity contribution in [2.45, 2.75) is 13.8 Å². The van der Waals surface area contributed by atoms with Gasteiger partial charge in [0.1, 0.15) is 0 Å². The fourth-order valence-electron chi connectivity index (χ4n) is 1.71. The highest BCUT2D eigenvalue weighted by Gasteiger charge is 2.13. The van der Waals surface area contributed by atoms with E-state index in [1.807, 2.05) is 44.2 Å². The first kappa shape index (κ1) is 11.4. The number of carbonyl (C=O) groups is 1. The number of benzene rings is 1. The van der Waals surface area contributed by atoms with E-state index in [-0.39, 0.29) is 5.78 Å². The van der Waals surface area contributed by atoms with Crippen LogP contribution in [0.2, 0.25) is 0 Å². The molecule has 16 heavy (non-hydrogen) atoms. The Morgan fingerprint density at radius 3 is 2.31 bits per heavy atom. The van der Waals surface area contributed by atoms with Crippen molar-refractivity contribution in [3.8, 4) is 0 Å². The Bertz CT molecular complexity index is 525. The average Bonchev–Trinajstić information content (AvgIpc) is 2.58. The topological polar surface area (TPSA) is 32.9 Å². The van der Waals surface area contributed by atoms with Crippen LogP contribution in [0.15, 0.2) is 30.3 Å². The molecular weight excluding hydrogens is 313 g/mol. The maximum Gasteiger partial charge on any atom is 0.209 e. The van der Waals surface area contributed by atoms with E-state index in [1.165, 1.54) is 0 Å².